The van der Waals surface area contributed by atoms with E-state index in [4.69, 9.17) is 10.5 Å². The Kier molecular flexibility index (Phi) is 2.83. The first-order valence-electron chi connectivity index (χ1n) is 6.36. The van der Waals surface area contributed by atoms with Crippen molar-refractivity contribution in [1.29, 1.82) is 0 Å². The van der Waals surface area contributed by atoms with Crippen LogP contribution >= 0.6 is 0 Å². The van der Waals surface area contributed by atoms with Crippen LogP contribution in [0, 0.1) is 0 Å². The smallest absolute Gasteiger partial charge is 0.201 e. The fourth-order valence-corrected chi connectivity index (χ4v) is 2.40. The van der Waals surface area contributed by atoms with E-state index in [1.165, 1.54) is 0 Å². The van der Waals surface area contributed by atoms with Gasteiger partial charge in [0.15, 0.2) is 0 Å². The minimum absolute atomic E-state index is 0.255. The summed E-state index contributed by atoms with van der Waals surface area (Å²) >= 11 is 0. The standard InChI is InChI=1S/C13H18N4O/c1-8(12-3-2-6-18-12)15-13-16-10-5-4-9(14)7-11(10)17-13/h4-5,7-8,12H,2-3,6,14H2,1H3,(H2,15,16,17). The summed E-state index contributed by atoms with van der Waals surface area (Å²) in [6.45, 7) is 2.99. The molecule has 1 saturated heterocycles. The second-order valence-electron chi connectivity index (χ2n) is 4.85. The summed E-state index contributed by atoms with van der Waals surface area (Å²) in [5, 5.41) is 3.36. The first-order chi connectivity index (χ1) is 8.72. The molecule has 1 aliphatic heterocycles. The molecule has 5 nitrogen and oxygen atoms in total. The third-order valence-electron chi connectivity index (χ3n) is 3.39. The molecule has 3 rings (SSSR count). The Labute approximate surface area is 106 Å². The predicted octanol–water partition coefficient (Wildman–Crippen LogP) is 2.12. The lowest BCUT2D eigenvalue weighted by atomic mass is 10.1. The van der Waals surface area contributed by atoms with Gasteiger partial charge in [-0.3, -0.25) is 0 Å². The summed E-state index contributed by atoms with van der Waals surface area (Å²) in [4.78, 5) is 7.72. The third kappa shape index (κ3) is 2.13. The Bertz CT molecular complexity index is 545. The number of imidazole rings is 1. The summed E-state index contributed by atoms with van der Waals surface area (Å²) < 4.78 is 5.66. The van der Waals surface area contributed by atoms with Crippen LogP contribution < -0.4 is 11.1 Å². The number of anilines is 2. The van der Waals surface area contributed by atoms with Crippen molar-refractivity contribution in [3.8, 4) is 0 Å². The molecule has 1 fully saturated rings. The molecule has 4 N–H and O–H groups in total. The maximum Gasteiger partial charge on any atom is 0.201 e. The van der Waals surface area contributed by atoms with E-state index in [2.05, 4.69) is 22.2 Å². The van der Waals surface area contributed by atoms with E-state index in [9.17, 15) is 0 Å². The molecule has 0 aliphatic carbocycles. The Morgan fingerprint density at radius 3 is 3.22 bits per heavy atom. The Morgan fingerprint density at radius 2 is 2.44 bits per heavy atom. The SMILES string of the molecule is CC(Nc1nc2ccc(N)cc2[nH]1)C1CCCO1. The van der Waals surface area contributed by atoms with E-state index in [1.807, 2.05) is 18.2 Å². The van der Waals surface area contributed by atoms with Crippen molar-refractivity contribution < 1.29 is 4.74 Å². The lowest BCUT2D eigenvalue weighted by Crippen LogP contribution is -2.30. The molecule has 5 heteroatoms. The molecular weight excluding hydrogens is 228 g/mol. The zero-order valence-electron chi connectivity index (χ0n) is 10.4. The summed E-state index contributed by atoms with van der Waals surface area (Å²) in [7, 11) is 0. The van der Waals surface area contributed by atoms with Crippen LogP contribution in [0.2, 0.25) is 0 Å². The zero-order valence-corrected chi connectivity index (χ0v) is 10.4. The van der Waals surface area contributed by atoms with Crippen molar-refractivity contribution in [3.05, 3.63) is 18.2 Å². The molecule has 2 heterocycles. The molecule has 1 aromatic heterocycles. The highest BCUT2D eigenvalue weighted by atomic mass is 16.5. The van der Waals surface area contributed by atoms with Crippen molar-refractivity contribution in [2.45, 2.75) is 31.9 Å². The maximum atomic E-state index is 5.75. The number of hydrogen-bond acceptors (Lipinski definition) is 4. The molecule has 0 radical (unpaired) electrons. The van der Waals surface area contributed by atoms with Crippen molar-refractivity contribution in [2.24, 2.45) is 0 Å². The van der Waals surface area contributed by atoms with E-state index in [1.54, 1.807) is 0 Å². The topological polar surface area (TPSA) is 76.0 Å². The van der Waals surface area contributed by atoms with Crippen molar-refractivity contribution in [1.82, 2.24) is 9.97 Å². The Hall–Kier alpha value is -1.75. The summed E-state index contributed by atoms with van der Waals surface area (Å²) in [5.41, 5.74) is 8.36. The lowest BCUT2D eigenvalue weighted by molar-refractivity contribution is 0.0995. The van der Waals surface area contributed by atoms with Crippen molar-refractivity contribution >= 4 is 22.7 Å². The number of rotatable bonds is 3. The number of benzene rings is 1. The van der Waals surface area contributed by atoms with E-state index in [-0.39, 0.29) is 12.1 Å². The average Bonchev–Trinajstić information content (AvgIpc) is 2.95. The number of hydrogen-bond donors (Lipinski definition) is 3. The van der Waals surface area contributed by atoms with Gasteiger partial charge in [0.2, 0.25) is 5.95 Å². The number of ether oxygens (including phenoxy) is 1. The van der Waals surface area contributed by atoms with E-state index in [0.717, 1.165) is 42.1 Å². The molecule has 0 spiro atoms. The monoisotopic (exact) mass is 246 g/mol. The number of nitrogens with two attached hydrogens (primary N) is 1. The normalized spacial score (nSPS) is 21.3. The van der Waals surface area contributed by atoms with Gasteiger partial charge in [0, 0.05) is 12.3 Å². The number of nitrogen functional groups attached to an aromatic ring is 1. The molecule has 0 amide bonds. The molecular formula is C13H18N4O. The minimum Gasteiger partial charge on any atom is -0.399 e. The molecule has 1 aromatic carbocycles. The molecule has 96 valence electrons. The molecule has 2 unspecified atom stereocenters. The number of aromatic amines is 1. The number of fused-ring (bicyclic) bond motifs is 1. The minimum atomic E-state index is 0.255. The van der Waals surface area contributed by atoms with Gasteiger partial charge in [-0.1, -0.05) is 0 Å². The highest BCUT2D eigenvalue weighted by Gasteiger charge is 2.22. The molecule has 0 saturated carbocycles. The van der Waals surface area contributed by atoms with Gasteiger partial charge >= 0.3 is 0 Å². The molecule has 2 atom stereocenters. The van der Waals surface area contributed by atoms with Gasteiger partial charge in [0.1, 0.15) is 0 Å². The number of nitrogens with zero attached hydrogens (tertiary/aromatic N) is 1. The van der Waals surface area contributed by atoms with Gasteiger partial charge in [0.25, 0.3) is 0 Å². The number of aromatic nitrogens is 2. The zero-order chi connectivity index (χ0) is 12.5. The van der Waals surface area contributed by atoms with Crippen LogP contribution in [0.1, 0.15) is 19.8 Å². The van der Waals surface area contributed by atoms with Gasteiger partial charge < -0.3 is 20.8 Å². The fraction of sp³-hybridized carbons (Fsp3) is 0.462. The second kappa shape index (κ2) is 4.49. The van der Waals surface area contributed by atoms with Crippen LogP contribution in [0.15, 0.2) is 18.2 Å². The Balaban J connectivity index is 1.77. The van der Waals surface area contributed by atoms with Crippen LogP contribution in [-0.4, -0.2) is 28.7 Å². The molecule has 0 bridgehead atoms. The van der Waals surface area contributed by atoms with E-state index >= 15 is 0 Å². The van der Waals surface area contributed by atoms with E-state index < -0.39 is 0 Å². The predicted molar refractivity (Wildman–Crippen MR) is 72.6 cm³/mol. The van der Waals surface area contributed by atoms with Gasteiger partial charge in [-0.15, -0.1) is 0 Å². The lowest BCUT2D eigenvalue weighted by Gasteiger charge is -2.19. The first-order valence-corrected chi connectivity index (χ1v) is 6.36. The highest BCUT2D eigenvalue weighted by Crippen LogP contribution is 2.20. The summed E-state index contributed by atoms with van der Waals surface area (Å²) in [5.74, 6) is 0.776. The third-order valence-corrected chi connectivity index (χ3v) is 3.39. The van der Waals surface area contributed by atoms with Gasteiger partial charge in [-0.2, -0.15) is 0 Å². The van der Waals surface area contributed by atoms with Crippen LogP contribution in [-0.2, 0) is 4.74 Å². The van der Waals surface area contributed by atoms with Crippen LogP contribution in [0.3, 0.4) is 0 Å². The maximum absolute atomic E-state index is 5.75. The summed E-state index contributed by atoms with van der Waals surface area (Å²) in [6.07, 6.45) is 2.54. The van der Waals surface area contributed by atoms with Gasteiger partial charge in [0.05, 0.1) is 23.2 Å². The second-order valence-corrected chi connectivity index (χ2v) is 4.85. The summed E-state index contributed by atoms with van der Waals surface area (Å²) in [6, 6.07) is 5.93. The Morgan fingerprint density at radius 1 is 1.56 bits per heavy atom. The van der Waals surface area contributed by atoms with Crippen molar-refractivity contribution in [2.75, 3.05) is 17.7 Å². The van der Waals surface area contributed by atoms with Crippen molar-refractivity contribution in [3.63, 3.8) is 0 Å². The van der Waals surface area contributed by atoms with Gasteiger partial charge in [-0.05, 0) is 38.0 Å². The molecule has 1 aliphatic rings. The number of H-pyrrole nitrogens is 1. The quantitative estimate of drug-likeness (QED) is 0.725. The van der Waals surface area contributed by atoms with Crippen LogP contribution in [0.5, 0.6) is 0 Å². The fourth-order valence-electron chi connectivity index (χ4n) is 2.40. The average molecular weight is 246 g/mol. The van der Waals surface area contributed by atoms with E-state index in [0.29, 0.717) is 0 Å². The van der Waals surface area contributed by atoms with Crippen LogP contribution in [0.25, 0.3) is 11.0 Å². The molecule has 18 heavy (non-hydrogen) atoms. The largest absolute Gasteiger partial charge is 0.399 e. The molecule has 2 aromatic rings. The highest BCUT2D eigenvalue weighted by molar-refractivity contribution is 5.80. The van der Waals surface area contributed by atoms with Crippen LogP contribution in [0.4, 0.5) is 11.6 Å². The first kappa shape index (κ1) is 11.3. The number of nitrogens with one attached hydrogen (secondary N) is 2. The van der Waals surface area contributed by atoms with Gasteiger partial charge in [-0.25, -0.2) is 4.98 Å².